The van der Waals surface area contributed by atoms with Gasteiger partial charge in [-0.25, -0.2) is 0 Å². The lowest BCUT2D eigenvalue weighted by molar-refractivity contribution is -0.378. The lowest BCUT2D eigenvalue weighted by Gasteiger charge is -2.71. The van der Waals surface area contributed by atoms with E-state index in [-0.39, 0.29) is 41.1 Å². The maximum absolute atomic E-state index is 12.8. The highest BCUT2D eigenvalue weighted by molar-refractivity contribution is 5.20. The van der Waals surface area contributed by atoms with Crippen LogP contribution in [0.2, 0.25) is 0 Å². The van der Waals surface area contributed by atoms with Crippen LogP contribution in [-0.2, 0) is 37.9 Å². The molecule has 0 aromatic rings. The molecule has 22 nitrogen and oxygen atoms in total. The number of fused-ring (bicyclic) bond motifs is 5. The molecule has 4 aliphatic heterocycles. The zero-order valence-electron chi connectivity index (χ0n) is 44.7. The highest BCUT2D eigenvalue weighted by Crippen LogP contribution is 2.76. The Balaban J connectivity index is 1.01. The van der Waals surface area contributed by atoms with E-state index in [1.165, 1.54) is 0 Å². The van der Waals surface area contributed by atoms with Crippen molar-refractivity contribution in [2.24, 2.45) is 45.3 Å². The first-order valence-electron chi connectivity index (χ1n) is 27.3. The summed E-state index contributed by atoms with van der Waals surface area (Å²) in [7, 11) is 0. The van der Waals surface area contributed by atoms with Gasteiger partial charge < -0.3 is 109 Å². The number of hydrogen-bond donors (Lipinski definition) is 14. The Morgan fingerprint density at radius 2 is 1.16 bits per heavy atom. The third kappa shape index (κ3) is 10.6. The molecule has 0 bridgehead atoms. The van der Waals surface area contributed by atoms with Crippen molar-refractivity contribution in [2.75, 3.05) is 26.4 Å². The zero-order chi connectivity index (χ0) is 55.1. The Hall–Kier alpha value is -1.14. The molecule has 75 heavy (non-hydrogen) atoms. The molecule has 4 saturated carbocycles. The Morgan fingerprint density at radius 3 is 1.80 bits per heavy atom. The van der Waals surface area contributed by atoms with Crippen molar-refractivity contribution in [1.29, 1.82) is 0 Å². The minimum atomic E-state index is -1.81. The maximum atomic E-state index is 12.8. The van der Waals surface area contributed by atoms with Crippen molar-refractivity contribution in [1.82, 2.24) is 0 Å². The van der Waals surface area contributed by atoms with Crippen LogP contribution in [0.5, 0.6) is 0 Å². The van der Waals surface area contributed by atoms with Crippen molar-refractivity contribution in [3.63, 3.8) is 0 Å². The molecule has 4 saturated heterocycles. The van der Waals surface area contributed by atoms with E-state index < -0.39 is 165 Å². The van der Waals surface area contributed by atoms with Gasteiger partial charge in [-0.1, -0.05) is 46.3 Å². The van der Waals surface area contributed by atoms with Crippen LogP contribution in [0.15, 0.2) is 11.6 Å². The van der Waals surface area contributed by atoms with E-state index >= 15 is 0 Å². The molecule has 22 heteroatoms. The van der Waals surface area contributed by atoms with Gasteiger partial charge in [-0.05, 0) is 124 Å². The third-order valence-electron chi connectivity index (χ3n) is 20.5. The van der Waals surface area contributed by atoms with E-state index in [4.69, 9.17) is 37.9 Å². The predicted octanol–water partition coefficient (Wildman–Crippen LogP) is -1.56. The minimum Gasteiger partial charge on any atom is -0.394 e. The number of ether oxygens (including phenoxy) is 8. The second kappa shape index (κ2) is 22.7. The molecular formula is C53H90O22. The van der Waals surface area contributed by atoms with Crippen LogP contribution in [-0.4, -0.2) is 232 Å². The van der Waals surface area contributed by atoms with Gasteiger partial charge in [0, 0.05) is 0 Å². The van der Waals surface area contributed by atoms with Crippen LogP contribution in [0.1, 0.15) is 113 Å². The molecule has 10 unspecified atom stereocenters. The van der Waals surface area contributed by atoms with E-state index in [2.05, 4.69) is 40.7 Å². The lowest BCUT2D eigenvalue weighted by atomic mass is 9.35. The summed E-state index contributed by atoms with van der Waals surface area (Å²) in [5.74, 6) is -0.395. The Labute approximate surface area is 439 Å². The molecule has 8 aliphatic rings. The molecule has 14 N–H and O–H groups in total. The molecule has 0 amide bonds. The first-order valence-corrected chi connectivity index (χ1v) is 27.3. The maximum Gasteiger partial charge on any atom is 0.187 e. The number of rotatable bonds is 15. The number of aliphatic hydroxyl groups is 14. The summed E-state index contributed by atoms with van der Waals surface area (Å²) in [4.78, 5) is 0. The largest absolute Gasteiger partial charge is 0.394 e. The fourth-order valence-corrected chi connectivity index (χ4v) is 16.0. The van der Waals surface area contributed by atoms with E-state index in [1.807, 2.05) is 20.8 Å². The normalized spacial score (nSPS) is 52.7. The van der Waals surface area contributed by atoms with Gasteiger partial charge in [-0.15, -0.1) is 0 Å². The summed E-state index contributed by atoms with van der Waals surface area (Å²) < 4.78 is 48.8. The van der Waals surface area contributed by atoms with E-state index in [1.54, 1.807) is 0 Å². The Morgan fingerprint density at radius 1 is 0.587 bits per heavy atom. The number of allylic oxidation sites excluding steroid dienone is 2. The van der Waals surface area contributed by atoms with Crippen LogP contribution in [0.3, 0.4) is 0 Å². The van der Waals surface area contributed by atoms with Gasteiger partial charge in [0.1, 0.15) is 91.6 Å². The molecule has 0 spiro atoms. The summed E-state index contributed by atoms with van der Waals surface area (Å²) in [5, 5.41) is 151. The van der Waals surface area contributed by atoms with Gasteiger partial charge in [-0.2, -0.15) is 0 Å². The molecule has 4 aliphatic carbocycles. The van der Waals surface area contributed by atoms with Gasteiger partial charge in [0.2, 0.25) is 0 Å². The summed E-state index contributed by atoms with van der Waals surface area (Å²) >= 11 is 0. The quantitative estimate of drug-likeness (QED) is 0.0651. The second-order valence-corrected chi connectivity index (χ2v) is 25.3. The first-order chi connectivity index (χ1) is 35.1. The van der Waals surface area contributed by atoms with Gasteiger partial charge in [-0.3, -0.25) is 0 Å². The highest BCUT2D eigenvalue weighted by Gasteiger charge is 2.72. The lowest BCUT2D eigenvalue weighted by Crippen LogP contribution is -2.68. The monoisotopic (exact) mass is 1080 g/mol. The van der Waals surface area contributed by atoms with Crippen LogP contribution in [0.4, 0.5) is 0 Å². The van der Waals surface area contributed by atoms with Gasteiger partial charge in [0.15, 0.2) is 25.2 Å². The molecule has 29 atom stereocenters. The standard InChI is InChI=1S/C53H90O22/c1-23(2)10-9-14-53(8,75-47-43(67)39(63)37(61)29(72-47)22-69-45-41(65)34(58)26(57)21-68-45)24-11-16-52(7)33(24)25(56)18-31-50(5)15-13-32(49(3,4)30(50)12-17-51(31,52)6)73-48-44(40(64)36(60)28(20-55)71-48)74-46-42(66)38(62)35(59)27(19-54)70-46/h10,24-48,54-67H,9,11-22H2,1-8H3/t24?,25?,26-,27-,28-,29-,30?,31?,32?,33?,34+,35-,36-,37-,38+,39+,40+,41-,42-,43-,44-,45+,46+,47+,48+,50?,51?,52?,53?/m1/s1. The molecule has 8 rings (SSSR count). The minimum absolute atomic E-state index is 0.0508. The van der Waals surface area contributed by atoms with Crippen molar-refractivity contribution < 1.29 is 109 Å². The number of hydrogen-bond acceptors (Lipinski definition) is 22. The summed E-state index contributed by atoms with van der Waals surface area (Å²) in [6.45, 7) is 15.1. The van der Waals surface area contributed by atoms with Gasteiger partial charge in [0.25, 0.3) is 0 Å². The molecule has 434 valence electrons. The fraction of sp³-hybridized carbons (Fsp3) is 0.962. The van der Waals surface area contributed by atoms with Crippen LogP contribution in [0, 0.1) is 45.3 Å². The van der Waals surface area contributed by atoms with Crippen molar-refractivity contribution in [2.45, 2.75) is 248 Å². The predicted molar refractivity (Wildman–Crippen MR) is 260 cm³/mol. The van der Waals surface area contributed by atoms with Gasteiger partial charge in [0.05, 0.1) is 44.2 Å². The molecule has 0 radical (unpaired) electrons. The van der Waals surface area contributed by atoms with Gasteiger partial charge >= 0.3 is 0 Å². The molecule has 8 fully saturated rings. The molecule has 0 aromatic heterocycles. The number of aliphatic hydroxyl groups excluding tert-OH is 14. The summed E-state index contributed by atoms with van der Waals surface area (Å²) in [6, 6.07) is 0. The van der Waals surface area contributed by atoms with Crippen LogP contribution < -0.4 is 0 Å². The third-order valence-corrected chi connectivity index (χ3v) is 20.5. The van der Waals surface area contributed by atoms with E-state index in [0.29, 0.717) is 38.5 Å². The zero-order valence-corrected chi connectivity index (χ0v) is 44.7. The average Bonchev–Trinajstić information content (AvgIpc) is 3.75. The molecular weight excluding hydrogens is 989 g/mol. The Kier molecular flexibility index (Phi) is 18.1. The highest BCUT2D eigenvalue weighted by atomic mass is 16.8. The summed E-state index contributed by atoms with van der Waals surface area (Å²) in [5.41, 5.74) is -1.48. The Bertz CT molecular complexity index is 1940. The van der Waals surface area contributed by atoms with Crippen molar-refractivity contribution in [3.8, 4) is 0 Å². The SMILES string of the molecule is CC(C)=CCCC(C)(O[C@@H]1O[C@H](CO[C@@H]2OC[C@@H](O)[C@H](O)[C@H]2O)[C@@H](O)[C@H](O)[C@H]1O)C1CCC2(C)C1C(O)CC1C3(C)CCC(O[C@@H]4O[C@H](CO)[C@@H](O)[C@H](O)[C@H]4O[C@@H]4O[C@H](CO)[C@@H](O)[C@H](O)[C@H]4O)C(C)(C)C3CCC12C. The summed E-state index contributed by atoms with van der Waals surface area (Å²) in [6.07, 6.45) is -22.6. The average molecular weight is 1080 g/mol. The van der Waals surface area contributed by atoms with Crippen molar-refractivity contribution >= 4 is 0 Å². The molecule has 0 aromatic carbocycles. The van der Waals surface area contributed by atoms with Crippen LogP contribution >= 0.6 is 0 Å². The molecule has 4 heterocycles. The van der Waals surface area contributed by atoms with Crippen LogP contribution in [0.25, 0.3) is 0 Å². The first kappa shape index (κ1) is 60.0. The topological polar surface area (TPSA) is 357 Å². The van der Waals surface area contributed by atoms with Crippen molar-refractivity contribution in [3.05, 3.63) is 11.6 Å². The smallest absolute Gasteiger partial charge is 0.187 e. The second-order valence-electron chi connectivity index (χ2n) is 25.3. The van der Waals surface area contributed by atoms with E-state index in [0.717, 1.165) is 24.8 Å². The van der Waals surface area contributed by atoms with E-state index in [9.17, 15) is 71.5 Å². The fourth-order valence-electron chi connectivity index (χ4n) is 16.0.